The van der Waals surface area contributed by atoms with Crippen LogP contribution < -0.4 is 5.32 Å². The van der Waals surface area contributed by atoms with Crippen LogP contribution in [0.1, 0.15) is 33.9 Å². The molecule has 0 radical (unpaired) electrons. The minimum Gasteiger partial charge on any atom is -0.313 e. The highest BCUT2D eigenvalue weighted by Gasteiger charge is 2.14. The molecule has 0 spiro atoms. The first-order chi connectivity index (χ1) is 9.01. The summed E-state index contributed by atoms with van der Waals surface area (Å²) in [5.74, 6) is 0. The van der Waals surface area contributed by atoms with E-state index in [4.69, 9.17) is 0 Å². The van der Waals surface area contributed by atoms with Crippen LogP contribution >= 0.6 is 27.3 Å². The van der Waals surface area contributed by atoms with Crippen molar-refractivity contribution < 1.29 is 0 Å². The monoisotopic (exact) mass is 337 g/mol. The van der Waals surface area contributed by atoms with Gasteiger partial charge < -0.3 is 5.32 Å². The van der Waals surface area contributed by atoms with Crippen molar-refractivity contribution in [2.24, 2.45) is 0 Å². The predicted octanol–water partition coefficient (Wildman–Crippen LogP) is 4.94. The molecule has 102 valence electrons. The van der Waals surface area contributed by atoms with Crippen LogP contribution in [0.5, 0.6) is 0 Å². The van der Waals surface area contributed by atoms with Crippen molar-refractivity contribution in [3.63, 3.8) is 0 Å². The highest BCUT2D eigenvalue weighted by molar-refractivity contribution is 9.11. The number of benzene rings is 1. The Morgan fingerprint density at radius 1 is 1.16 bits per heavy atom. The molecule has 0 amide bonds. The molecule has 1 aromatic carbocycles. The van der Waals surface area contributed by atoms with Crippen molar-refractivity contribution in [1.29, 1.82) is 0 Å². The third-order valence-corrected chi connectivity index (χ3v) is 5.11. The summed E-state index contributed by atoms with van der Waals surface area (Å²) >= 11 is 5.29. The molecule has 1 nitrogen and oxygen atoms in total. The Kier molecular flexibility index (Phi) is 4.82. The Hall–Kier alpha value is -0.640. The summed E-state index contributed by atoms with van der Waals surface area (Å²) in [4.78, 5) is 0. The lowest BCUT2D eigenvalue weighted by molar-refractivity contribution is 0.591. The number of halogens is 1. The molecule has 0 aliphatic heterocycles. The molecule has 1 unspecified atom stereocenters. The third-order valence-electron chi connectivity index (χ3n) is 3.59. The van der Waals surface area contributed by atoms with Gasteiger partial charge in [0, 0.05) is 6.04 Å². The van der Waals surface area contributed by atoms with Gasteiger partial charge in [0.25, 0.3) is 0 Å². The van der Waals surface area contributed by atoms with Crippen LogP contribution in [0.3, 0.4) is 0 Å². The molecule has 1 N–H and O–H groups in total. The fourth-order valence-corrected chi connectivity index (χ4v) is 3.86. The van der Waals surface area contributed by atoms with E-state index in [9.17, 15) is 0 Å². The number of hydrogen-bond acceptors (Lipinski definition) is 2. The maximum atomic E-state index is 3.54. The van der Waals surface area contributed by atoms with Crippen LogP contribution in [0.2, 0.25) is 0 Å². The van der Waals surface area contributed by atoms with Gasteiger partial charge in [-0.2, -0.15) is 0 Å². The third kappa shape index (κ3) is 3.47. The quantitative estimate of drug-likeness (QED) is 0.833. The normalized spacial score (nSPS) is 12.7. The van der Waals surface area contributed by atoms with Gasteiger partial charge in [-0.1, -0.05) is 17.7 Å². The molecule has 0 bridgehead atoms. The molecule has 19 heavy (non-hydrogen) atoms. The Bertz CT molecular complexity index is 551. The first kappa shape index (κ1) is 14.8. The zero-order valence-electron chi connectivity index (χ0n) is 11.9. The highest BCUT2D eigenvalue weighted by atomic mass is 79.9. The van der Waals surface area contributed by atoms with Crippen molar-refractivity contribution >= 4 is 27.3 Å². The fraction of sp³-hybridized carbons (Fsp3) is 0.375. The summed E-state index contributed by atoms with van der Waals surface area (Å²) in [7, 11) is 2.04. The van der Waals surface area contributed by atoms with E-state index in [-0.39, 0.29) is 0 Å². The van der Waals surface area contributed by atoms with Gasteiger partial charge in [0.05, 0.1) is 3.79 Å². The van der Waals surface area contributed by atoms with E-state index in [1.807, 2.05) is 7.05 Å². The van der Waals surface area contributed by atoms with Gasteiger partial charge in [0.1, 0.15) is 0 Å². The molecule has 1 heterocycles. The van der Waals surface area contributed by atoms with Crippen molar-refractivity contribution in [2.45, 2.75) is 33.2 Å². The highest BCUT2D eigenvalue weighted by Crippen LogP contribution is 2.29. The SMILES string of the molecule is CNC(Cc1c(C)cc(C)cc1C)c1csc(Br)c1. The summed E-state index contributed by atoms with van der Waals surface area (Å²) in [6.45, 7) is 6.59. The number of nitrogens with one attached hydrogen (secondary N) is 1. The van der Waals surface area contributed by atoms with E-state index in [2.05, 4.69) is 65.6 Å². The Morgan fingerprint density at radius 2 is 1.79 bits per heavy atom. The van der Waals surface area contributed by atoms with Gasteiger partial charge in [0.15, 0.2) is 0 Å². The van der Waals surface area contributed by atoms with Gasteiger partial charge in [-0.15, -0.1) is 11.3 Å². The van der Waals surface area contributed by atoms with E-state index >= 15 is 0 Å². The summed E-state index contributed by atoms with van der Waals surface area (Å²) in [6, 6.07) is 7.14. The second-order valence-corrected chi connectivity index (χ2v) is 7.40. The first-order valence-corrected chi connectivity index (χ1v) is 8.16. The smallest absolute Gasteiger partial charge is 0.0701 e. The van der Waals surface area contributed by atoms with Gasteiger partial charge in [-0.05, 0) is 83.9 Å². The summed E-state index contributed by atoms with van der Waals surface area (Å²) in [6.07, 6.45) is 1.04. The van der Waals surface area contributed by atoms with Gasteiger partial charge >= 0.3 is 0 Å². The summed E-state index contributed by atoms with van der Waals surface area (Å²) < 4.78 is 1.19. The first-order valence-electron chi connectivity index (χ1n) is 6.49. The van der Waals surface area contributed by atoms with Crippen LogP contribution in [0.25, 0.3) is 0 Å². The second-order valence-electron chi connectivity index (χ2n) is 5.11. The lowest BCUT2D eigenvalue weighted by Crippen LogP contribution is -2.19. The molecule has 3 heteroatoms. The summed E-state index contributed by atoms with van der Waals surface area (Å²) in [5, 5.41) is 5.66. The standard InChI is InChI=1S/C16H20BrNS/c1-10-5-11(2)14(12(3)6-10)8-15(18-4)13-7-16(17)19-9-13/h5-7,9,15,18H,8H2,1-4H3. The Balaban J connectivity index is 2.28. The van der Waals surface area contributed by atoms with Gasteiger partial charge in [-0.3, -0.25) is 0 Å². The molecule has 1 aromatic heterocycles. The average molecular weight is 338 g/mol. The van der Waals surface area contributed by atoms with Crippen molar-refractivity contribution in [1.82, 2.24) is 5.32 Å². The molecule has 2 rings (SSSR count). The lowest BCUT2D eigenvalue weighted by Gasteiger charge is -2.19. The zero-order valence-corrected chi connectivity index (χ0v) is 14.3. The van der Waals surface area contributed by atoms with E-state index in [0.29, 0.717) is 6.04 Å². The van der Waals surface area contributed by atoms with Crippen molar-refractivity contribution in [3.8, 4) is 0 Å². The molecule has 0 aliphatic carbocycles. The van der Waals surface area contributed by atoms with Crippen molar-refractivity contribution in [3.05, 3.63) is 55.2 Å². The Labute approximate surface area is 128 Å². The van der Waals surface area contributed by atoms with Crippen LogP contribution in [0.15, 0.2) is 27.4 Å². The molecule has 1 atom stereocenters. The molecule has 0 aliphatic rings. The van der Waals surface area contributed by atoms with Crippen molar-refractivity contribution in [2.75, 3.05) is 7.05 Å². The van der Waals surface area contributed by atoms with E-state index in [1.165, 1.54) is 31.6 Å². The van der Waals surface area contributed by atoms with E-state index in [1.54, 1.807) is 11.3 Å². The van der Waals surface area contributed by atoms with E-state index in [0.717, 1.165) is 6.42 Å². The van der Waals surface area contributed by atoms with Gasteiger partial charge in [-0.25, -0.2) is 0 Å². The van der Waals surface area contributed by atoms with Gasteiger partial charge in [0.2, 0.25) is 0 Å². The van der Waals surface area contributed by atoms with Crippen LogP contribution in [-0.2, 0) is 6.42 Å². The number of thiophene rings is 1. The topological polar surface area (TPSA) is 12.0 Å². The molecular weight excluding hydrogens is 318 g/mol. The lowest BCUT2D eigenvalue weighted by atomic mass is 9.92. The van der Waals surface area contributed by atoms with Crippen LogP contribution in [0, 0.1) is 20.8 Å². The zero-order chi connectivity index (χ0) is 14.0. The Morgan fingerprint density at radius 3 is 2.26 bits per heavy atom. The predicted molar refractivity (Wildman–Crippen MR) is 88.2 cm³/mol. The maximum Gasteiger partial charge on any atom is 0.0701 e. The molecule has 0 saturated carbocycles. The molecule has 2 aromatic rings. The number of hydrogen-bond donors (Lipinski definition) is 1. The minimum atomic E-state index is 0.377. The molecular formula is C16H20BrNS. The van der Waals surface area contributed by atoms with Crippen LogP contribution in [0.4, 0.5) is 0 Å². The van der Waals surface area contributed by atoms with E-state index < -0.39 is 0 Å². The van der Waals surface area contributed by atoms with Crippen LogP contribution in [-0.4, -0.2) is 7.05 Å². The fourth-order valence-electron chi connectivity index (χ4n) is 2.63. The minimum absolute atomic E-state index is 0.377. The largest absolute Gasteiger partial charge is 0.313 e. The maximum absolute atomic E-state index is 3.54. The number of aryl methyl sites for hydroxylation is 3. The number of likely N-dealkylation sites (N-methyl/N-ethyl adjacent to an activating group) is 1. The second kappa shape index (κ2) is 6.21. The average Bonchev–Trinajstić information content (AvgIpc) is 2.75. The molecule has 0 fully saturated rings. The summed E-state index contributed by atoms with van der Waals surface area (Å²) in [5.41, 5.74) is 6.96. The molecule has 0 saturated heterocycles. The number of rotatable bonds is 4.